The highest BCUT2D eigenvalue weighted by molar-refractivity contribution is 7.47. The van der Waals surface area contributed by atoms with Gasteiger partial charge in [-0.25, -0.2) is 4.57 Å². The number of carboxylic acids is 1. The van der Waals surface area contributed by atoms with Crippen LogP contribution < -0.4 is 10.8 Å². The lowest BCUT2D eigenvalue weighted by Gasteiger charge is -2.20. The highest BCUT2D eigenvalue weighted by Gasteiger charge is 2.27. The highest BCUT2D eigenvalue weighted by Crippen LogP contribution is 2.43. The summed E-state index contributed by atoms with van der Waals surface area (Å²) in [6, 6.07) is -1.38. The molecular weight excluding hydrogens is 673 g/mol. The molecule has 0 aromatic heterocycles. The summed E-state index contributed by atoms with van der Waals surface area (Å²) in [5.41, 5.74) is 3.27. The number of hydrogen-bond acceptors (Lipinski definition) is 9. The van der Waals surface area contributed by atoms with Crippen molar-refractivity contribution in [3.63, 3.8) is 0 Å². The molecule has 0 radical (unpaired) electrons. The maximum atomic E-state index is 12.6. The van der Waals surface area contributed by atoms with E-state index in [2.05, 4.69) is 24.1 Å². The van der Waals surface area contributed by atoms with Gasteiger partial charge in [0.1, 0.15) is 25.2 Å². The highest BCUT2D eigenvalue weighted by atomic mass is 31.2. The van der Waals surface area contributed by atoms with Gasteiger partial charge in [-0.05, 0) is 12.8 Å². The molecule has 0 saturated heterocycles. The van der Waals surface area contributed by atoms with Crippen molar-refractivity contribution < 1.29 is 53.2 Å². The fourth-order valence-electron chi connectivity index (χ4n) is 5.84. The molecule has 302 valence electrons. The molecule has 0 fully saturated rings. The lowest BCUT2D eigenvalue weighted by atomic mass is 10.0. The molecule has 0 rings (SSSR count). The Balaban J connectivity index is 4.36. The zero-order valence-electron chi connectivity index (χ0n) is 32.6. The topological polar surface area (TPSA) is 176 Å². The van der Waals surface area contributed by atoms with Crippen LogP contribution in [0.25, 0.3) is 0 Å². The van der Waals surface area contributed by atoms with Crippen LogP contribution in [0, 0.1) is 0 Å². The summed E-state index contributed by atoms with van der Waals surface area (Å²) >= 11 is 0. The molecule has 0 saturated carbocycles. The molecular formula is C39H76NO10P. The van der Waals surface area contributed by atoms with E-state index in [-0.39, 0.29) is 19.4 Å². The quantitative estimate of drug-likeness (QED) is 0.0353. The number of unbranched alkanes of at least 4 members (excludes halogenated alkanes) is 25. The number of quaternary nitrogens is 1. The molecule has 51 heavy (non-hydrogen) atoms. The van der Waals surface area contributed by atoms with Gasteiger partial charge in [0, 0.05) is 12.8 Å². The second-order valence-corrected chi connectivity index (χ2v) is 15.7. The van der Waals surface area contributed by atoms with Crippen molar-refractivity contribution in [2.24, 2.45) is 0 Å². The van der Waals surface area contributed by atoms with Gasteiger partial charge in [0.25, 0.3) is 0 Å². The van der Waals surface area contributed by atoms with Crippen molar-refractivity contribution in [3.05, 3.63) is 0 Å². The van der Waals surface area contributed by atoms with Crippen LogP contribution >= 0.6 is 7.82 Å². The number of carbonyl (C=O) groups is 3. The summed E-state index contributed by atoms with van der Waals surface area (Å²) in [4.78, 5) is 45.8. The predicted molar refractivity (Wildman–Crippen MR) is 199 cm³/mol. The minimum absolute atomic E-state index is 0.170. The number of rotatable bonds is 39. The second kappa shape index (κ2) is 35.5. The van der Waals surface area contributed by atoms with Crippen LogP contribution in [-0.4, -0.2) is 54.8 Å². The maximum absolute atomic E-state index is 12.6. The zero-order valence-corrected chi connectivity index (χ0v) is 33.5. The smallest absolute Gasteiger partial charge is 0.472 e. The molecule has 0 aliphatic heterocycles. The molecule has 0 heterocycles. The number of phosphoric acid groups is 1. The van der Waals surface area contributed by atoms with Crippen molar-refractivity contribution in [2.75, 3.05) is 19.8 Å². The average Bonchev–Trinajstić information content (AvgIpc) is 3.10. The molecule has 3 atom stereocenters. The third-order valence-electron chi connectivity index (χ3n) is 9.14. The van der Waals surface area contributed by atoms with Crippen LogP contribution in [0.2, 0.25) is 0 Å². The van der Waals surface area contributed by atoms with Gasteiger partial charge in [0.2, 0.25) is 0 Å². The third-order valence-corrected chi connectivity index (χ3v) is 10.1. The molecule has 0 aliphatic rings. The fourth-order valence-corrected chi connectivity index (χ4v) is 6.63. The lowest BCUT2D eigenvalue weighted by Crippen LogP contribution is -2.70. The molecule has 1 unspecified atom stereocenters. The standard InChI is InChI=1S/C39H76NO10P/c1-3-5-7-9-11-13-15-17-18-19-21-23-25-27-29-31-38(42)50-35(33-48-51(45,46)49-34-36(40)39(43)44)32-47-37(41)30-28-26-24-22-20-16-14-12-10-8-6-4-2/h35-36H,3-34,40H2,1-2H3,(H,43,44)(H,45,46)/t35-,36+/m1/s1. The third kappa shape index (κ3) is 35.3. The molecule has 0 bridgehead atoms. The number of esters is 2. The SMILES string of the molecule is CCCCCCCCCCCCCCCCCC(=O)O[C@H](COC(=O)CCCCCCCCCCCCCC)COP(=O)(O)OC[C@H]([NH3+])C(=O)[O-]. The molecule has 0 spiro atoms. The Morgan fingerprint density at radius 2 is 0.882 bits per heavy atom. The minimum Gasteiger partial charge on any atom is -0.544 e. The molecule has 0 aromatic carbocycles. The van der Waals surface area contributed by atoms with Gasteiger partial charge < -0.3 is 30.0 Å². The molecule has 4 N–H and O–H groups in total. The first-order valence-corrected chi connectivity index (χ1v) is 22.1. The first-order valence-electron chi connectivity index (χ1n) is 20.6. The van der Waals surface area contributed by atoms with Crippen molar-refractivity contribution in [3.8, 4) is 0 Å². The summed E-state index contributed by atoms with van der Waals surface area (Å²) in [6.45, 7) is 2.87. The van der Waals surface area contributed by atoms with E-state index in [1.165, 1.54) is 122 Å². The van der Waals surface area contributed by atoms with Gasteiger partial charge >= 0.3 is 19.8 Å². The number of carboxylic acid groups (broad SMARTS) is 1. The normalized spacial score (nSPS) is 13.8. The van der Waals surface area contributed by atoms with Crippen LogP contribution in [0.3, 0.4) is 0 Å². The van der Waals surface area contributed by atoms with Crippen LogP contribution in [0.1, 0.15) is 200 Å². The van der Waals surface area contributed by atoms with E-state index in [0.29, 0.717) is 12.8 Å². The van der Waals surface area contributed by atoms with Crippen molar-refractivity contribution in [1.82, 2.24) is 0 Å². The summed E-state index contributed by atoms with van der Waals surface area (Å²) in [6.07, 6.45) is 31.7. The van der Waals surface area contributed by atoms with E-state index < -0.39 is 51.1 Å². The van der Waals surface area contributed by atoms with Gasteiger partial charge in [-0.3, -0.25) is 18.6 Å². The van der Waals surface area contributed by atoms with Crippen molar-refractivity contribution in [1.29, 1.82) is 0 Å². The summed E-state index contributed by atoms with van der Waals surface area (Å²) in [5.74, 6) is -2.50. The molecule has 0 aromatic rings. The van der Waals surface area contributed by atoms with E-state index in [0.717, 1.165) is 38.5 Å². The van der Waals surface area contributed by atoms with Crippen molar-refractivity contribution >= 4 is 25.7 Å². The summed E-state index contributed by atoms with van der Waals surface area (Å²) < 4.78 is 32.7. The zero-order chi connectivity index (χ0) is 37.8. The predicted octanol–water partition coefficient (Wildman–Crippen LogP) is 8.29. The largest absolute Gasteiger partial charge is 0.544 e. The average molecular weight is 750 g/mol. The second-order valence-electron chi connectivity index (χ2n) is 14.2. The molecule has 12 heteroatoms. The maximum Gasteiger partial charge on any atom is 0.472 e. The number of aliphatic carboxylic acids is 1. The Hall–Kier alpha value is -1.52. The van der Waals surface area contributed by atoms with E-state index in [1.54, 1.807) is 0 Å². The Bertz CT molecular complexity index is 890. The Kier molecular flexibility index (Phi) is 34.4. The summed E-state index contributed by atoms with van der Waals surface area (Å²) in [7, 11) is -4.69. The van der Waals surface area contributed by atoms with Gasteiger partial charge in [0.15, 0.2) is 6.10 Å². The monoisotopic (exact) mass is 750 g/mol. The van der Waals surface area contributed by atoms with Gasteiger partial charge in [-0.1, -0.05) is 174 Å². The van der Waals surface area contributed by atoms with E-state index in [9.17, 15) is 28.9 Å². The molecule has 11 nitrogen and oxygen atoms in total. The van der Waals surface area contributed by atoms with E-state index >= 15 is 0 Å². The molecule has 0 amide bonds. The first-order chi connectivity index (χ1) is 24.6. The Morgan fingerprint density at radius 3 is 1.25 bits per heavy atom. The number of ether oxygens (including phenoxy) is 2. The Labute approximate surface area is 310 Å². The van der Waals surface area contributed by atoms with Gasteiger partial charge in [-0.2, -0.15) is 0 Å². The van der Waals surface area contributed by atoms with Crippen LogP contribution in [0.15, 0.2) is 0 Å². The number of hydrogen-bond donors (Lipinski definition) is 2. The van der Waals surface area contributed by atoms with Crippen LogP contribution in [0.5, 0.6) is 0 Å². The van der Waals surface area contributed by atoms with Crippen molar-refractivity contribution in [2.45, 2.75) is 212 Å². The fraction of sp³-hybridized carbons (Fsp3) is 0.923. The number of phosphoric ester groups is 1. The molecule has 0 aliphatic carbocycles. The lowest BCUT2D eigenvalue weighted by molar-refractivity contribution is -0.440. The Morgan fingerprint density at radius 1 is 0.549 bits per heavy atom. The van der Waals surface area contributed by atoms with E-state index in [4.69, 9.17) is 14.0 Å². The van der Waals surface area contributed by atoms with Crippen LogP contribution in [-0.2, 0) is 37.5 Å². The van der Waals surface area contributed by atoms with E-state index in [1.807, 2.05) is 0 Å². The van der Waals surface area contributed by atoms with Gasteiger partial charge in [-0.15, -0.1) is 0 Å². The van der Waals surface area contributed by atoms with Crippen LogP contribution in [0.4, 0.5) is 0 Å². The first kappa shape index (κ1) is 49.5. The van der Waals surface area contributed by atoms with Gasteiger partial charge in [0.05, 0.1) is 6.61 Å². The number of carbonyl (C=O) groups excluding carboxylic acids is 3. The summed E-state index contributed by atoms with van der Waals surface area (Å²) in [5, 5.41) is 10.8. The minimum atomic E-state index is -4.69.